The molecule has 0 spiro atoms. The summed E-state index contributed by atoms with van der Waals surface area (Å²) < 4.78 is 30.5. The molecule has 0 aliphatic heterocycles. The topological polar surface area (TPSA) is 92.1 Å². The number of H-pyrrole nitrogens is 1. The monoisotopic (exact) mass is 270 g/mol. The third-order valence-electron chi connectivity index (χ3n) is 2.72. The van der Waals surface area contributed by atoms with Crippen molar-refractivity contribution in [1.29, 1.82) is 0 Å². The van der Waals surface area contributed by atoms with Crippen LogP contribution in [0, 0.1) is 13.8 Å². The highest BCUT2D eigenvalue weighted by molar-refractivity contribution is 7.89. The quantitative estimate of drug-likeness (QED) is 0.888. The molecule has 0 aliphatic carbocycles. The molecule has 8 heteroatoms. The lowest BCUT2D eigenvalue weighted by Crippen LogP contribution is -2.27. The average molecular weight is 270 g/mol. The Labute approximate surface area is 105 Å². The Kier molecular flexibility index (Phi) is 3.22. The first-order valence-electron chi connectivity index (χ1n) is 5.29. The van der Waals surface area contributed by atoms with Gasteiger partial charge in [0.2, 0.25) is 0 Å². The van der Waals surface area contributed by atoms with E-state index in [-0.39, 0.29) is 11.6 Å². The van der Waals surface area contributed by atoms with Crippen LogP contribution in [0.3, 0.4) is 0 Å². The second-order valence-corrected chi connectivity index (χ2v) is 5.99. The number of aromatic nitrogens is 3. The molecule has 18 heavy (non-hydrogen) atoms. The van der Waals surface area contributed by atoms with Crippen molar-refractivity contribution in [3.63, 3.8) is 0 Å². The van der Waals surface area contributed by atoms with Crippen LogP contribution in [0.15, 0.2) is 22.1 Å². The van der Waals surface area contributed by atoms with Crippen LogP contribution in [-0.4, -0.2) is 34.9 Å². The summed E-state index contributed by atoms with van der Waals surface area (Å²) in [5, 5.41) is 3.86. The zero-order valence-electron chi connectivity index (χ0n) is 10.3. The molecule has 2 rings (SSSR count). The highest BCUT2D eigenvalue weighted by Gasteiger charge is 2.24. The third kappa shape index (κ3) is 2.16. The number of aryl methyl sites for hydroxylation is 2. The number of nitrogens with zero attached hydrogens (tertiary/aromatic N) is 3. The van der Waals surface area contributed by atoms with Crippen molar-refractivity contribution in [3.8, 4) is 0 Å². The SMILES string of the molecule is Cc1noc(C)c1CN(C)S(=O)(=O)c1cnc[nH]1. The Morgan fingerprint density at radius 2 is 2.17 bits per heavy atom. The Morgan fingerprint density at radius 1 is 1.44 bits per heavy atom. The van der Waals surface area contributed by atoms with Gasteiger partial charge in [-0.05, 0) is 13.8 Å². The zero-order chi connectivity index (χ0) is 13.3. The highest BCUT2D eigenvalue weighted by atomic mass is 32.2. The van der Waals surface area contributed by atoms with Crippen LogP contribution >= 0.6 is 0 Å². The van der Waals surface area contributed by atoms with Crippen molar-refractivity contribution in [1.82, 2.24) is 19.4 Å². The van der Waals surface area contributed by atoms with E-state index >= 15 is 0 Å². The summed E-state index contributed by atoms with van der Waals surface area (Å²) in [5.74, 6) is 0.624. The van der Waals surface area contributed by atoms with Crippen molar-refractivity contribution in [2.24, 2.45) is 0 Å². The molecule has 0 radical (unpaired) electrons. The second kappa shape index (κ2) is 4.54. The van der Waals surface area contributed by atoms with Crippen molar-refractivity contribution in [2.45, 2.75) is 25.4 Å². The molecule has 0 aromatic carbocycles. The van der Waals surface area contributed by atoms with Gasteiger partial charge in [0.15, 0.2) is 5.03 Å². The number of nitrogens with one attached hydrogen (secondary N) is 1. The molecule has 0 bridgehead atoms. The van der Waals surface area contributed by atoms with E-state index in [0.717, 1.165) is 5.56 Å². The second-order valence-electron chi connectivity index (χ2n) is 3.98. The minimum absolute atomic E-state index is 0.0664. The summed E-state index contributed by atoms with van der Waals surface area (Å²) in [4.78, 5) is 6.30. The number of hydrogen-bond acceptors (Lipinski definition) is 5. The van der Waals surface area contributed by atoms with Crippen LogP contribution in [0.5, 0.6) is 0 Å². The fourth-order valence-electron chi connectivity index (χ4n) is 1.59. The van der Waals surface area contributed by atoms with E-state index in [4.69, 9.17) is 4.52 Å². The van der Waals surface area contributed by atoms with E-state index in [1.54, 1.807) is 13.8 Å². The van der Waals surface area contributed by atoms with Crippen LogP contribution in [0.4, 0.5) is 0 Å². The minimum Gasteiger partial charge on any atom is -0.361 e. The Morgan fingerprint density at radius 3 is 2.67 bits per heavy atom. The molecule has 0 atom stereocenters. The molecule has 0 fully saturated rings. The molecule has 0 saturated carbocycles. The Balaban J connectivity index is 2.26. The fourth-order valence-corrected chi connectivity index (χ4v) is 2.62. The summed E-state index contributed by atoms with van der Waals surface area (Å²) in [5.41, 5.74) is 1.47. The molecule has 2 heterocycles. The van der Waals surface area contributed by atoms with Gasteiger partial charge in [0.1, 0.15) is 5.76 Å². The van der Waals surface area contributed by atoms with Gasteiger partial charge in [-0.25, -0.2) is 13.4 Å². The number of imidazole rings is 1. The van der Waals surface area contributed by atoms with Gasteiger partial charge in [0.05, 0.1) is 18.2 Å². The van der Waals surface area contributed by atoms with E-state index in [1.807, 2.05) is 0 Å². The normalized spacial score (nSPS) is 12.2. The first kappa shape index (κ1) is 12.8. The molecular formula is C10H14N4O3S. The minimum atomic E-state index is -3.56. The molecule has 0 aliphatic rings. The first-order chi connectivity index (χ1) is 8.43. The molecular weight excluding hydrogens is 256 g/mol. The van der Waals surface area contributed by atoms with E-state index in [2.05, 4.69) is 15.1 Å². The maximum atomic E-state index is 12.1. The van der Waals surface area contributed by atoms with Gasteiger partial charge in [0, 0.05) is 19.2 Å². The summed E-state index contributed by atoms with van der Waals surface area (Å²) in [6.07, 6.45) is 2.61. The third-order valence-corrected chi connectivity index (χ3v) is 4.45. The maximum Gasteiger partial charge on any atom is 0.260 e. The lowest BCUT2D eigenvalue weighted by molar-refractivity contribution is 0.390. The first-order valence-corrected chi connectivity index (χ1v) is 6.73. The summed E-state index contributed by atoms with van der Waals surface area (Å²) >= 11 is 0. The highest BCUT2D eigenvalue weighted by Crippen LogP contribution is 2.18. The number of rotatable bonds is 4. The van der Waals surface area contributed by atoms with Gasteiger partial charge in [0.25, 0.3) is 10.0 Å². The Hall–Kier alpha value is -1.67. The Bertz CT molecular complexity index is 611. The smallest absolute Gasteiger partial charge is 0.260 e. The van der Waals surface area contributed by atoms with Crippen molar-refractivity contribution < 1.29 is 12.9 Å². The lowest BCUT2D eigenvalue weighted by atomic mass is 10.2. The van der Waals surface area contributed by atoms with Gasteiger partial charge < -0.3 is 9.51 Å². The van der Waals surface area contributed by atoms with Gasteiger partial charge >= 0.3 is 0 Å². The maximum absolute atomic E-state index is 12.1. The zero-order valence-corrected chi connectivity index (χ0v) is 11.2. The number of sulfonamides is 1. The average Bonchev–Trinajstić information content (AvgIpc) is 2.94. The standard InChI is InChI=1S/C10H14N4O3S/c1-7-9(8(2)17-13-7)5-14(3)18(15,16)10-4-11-6-12-10/h4,6H,5H2,1-3H3,(H,11,12). The summed E-state index contributed by atoms with van der Waals surface area (Å²) in [6.45, 7) is 3.75. The van der Waals surface area contributed by atoms with Crippen LogP contribution in [-0.2, 0) is 16.6 Å². The molecule has 2 aromatic heterocycles. The van der Waals surface area contributed by atoms with E-state index in [1.165, 1.54) is 23.9 Å². The van der Waals surface area contributed by atoms with Gasteiger partial charge in [-0.3, -0.25) is 0 Å². The molecule has 0 saturated heterocycles. The number of hydrogen-bond donors (Lipinski definition) is 1. The van der Waals surface area contributed by atoms with Gasteiger partial charge in [-0.2, -0.15) is 4.31 Å². The van der Waals surface area contributed by atoms with Crippen LogP contribution in [0.1, 0.15) is 17.0 Å². The van der Waals surface area contributed by atoms with E-state index in [0.29, 0.717) is 11.5 Å². The van der Waals surface area contributed by atoms with Crippen molar-refractivity contribution >= 4 is 10.0 Å². The molecule has 1 N–H and O–H groups in total. The summed E-state index contributed by atoms with van der Waals surface area (Å²) in [6, 6.07) is 0. The van der Waals surface area contributed by atoms with Gasteiger partial charge in [-0.1, -0.05) is 5.16 Å². The van der Waals surface area contributed by atoms with Crippen LogP contribution in [0.2, 0.25) is 0 Å². The van der Waals surface area contributed by atoms with E-state index < -0.39 is 10.0 Å². The van der Waals surface area contributed by atoms with Gasteiger partial charge in [-0.15, -0.1) is 0 Å². The molecule has 0 amide bonds. The predicted molar refractivity (Wildman–Crippen MR) is 63.2 cm³/mol. The van der Waals surface area contributed by atoms with E-state index in [9.17, 15) is 8.42 Å². The van der Waals surface area contributed by atoms with Crippen LogP contribution < -0.4 is 0 Å². The molecule has 0 unspecified atom stereocenters. The largest absolute Gasteiger partial charge is 0.361 e. The lowest BCUT2D eigenvalue weighted by Gasteiger charge is -2.15. The molecule has 2 aromatic rings. The predicted octanol–water partition coefficient (Wildman–Crippen LogP) is 0.835. The van der Waals surface area contributed by atoms with Crippen molar-refractivity contribution in [2.75, 3.05) is 7.05 Å². The van der Waals surface area contributed by atoms with Crippen LogP contribution in [0.25, 0.3) is 0 Å². The molecule has 98 valence electrons. The molecule has 7 nitrogen and oxygen atoms in total. The van der Waals surface area contributed by atoms with Crippen molar-refractivity contribution in [3.05, 3.63) is 29.5 Å². The number of aromatic amines is 1. The summed E-state index contributed by atoms with van der Waals surface area (Å²) in [7, 11) is -2.06. The fraction of sp³-hybridized carbons (Fsp3) is 0.400.